The van der Waals surface area contributed by atoms with Crippen LogP contribution in [-0.2, 0) is 0 Å². The Balaban J connectivity index is 1.64. The maximum absolute atomic E-state index is 11.4. The second kappa shape index (κ2) is 7.69. The van der Waals surface area contributed by atoms with Gasteiger partial charge in [-0.1, -0.05) is 30.3 Å². The lowest BCUT2D eigenvalue weighted by molar-refractivity contribution is 0.276. The predicted molar refractivity (Wildman–Crippen MR) is 111 cm³/mol. The molecule has 1 atom stereocenters. The van der Waals surface area contributed by atoms with Crippen molar-refractivity contribution in [2.24, 2.45) is 4.99 Å². The fourth-order valence-corrected chi connectivity index (χ4v) is 3.22. The van der Waals surface area contributed by atoms with E-state index >= 15 is 0 Å². The summed E-state index contributed by atoms with van der Waals surface area (Å²) in [6, 6.07) is 9.31. The van der Waals surface area contributed by atoms with Gasteiger partial charge < -0.3 is 20.5 Å². The van der Waals surface area contributed by atoms with Crippen LogP contribution in [0.15, 0.2) is 46.3 Å². The van der Waals surface area contributed by atoms with Gasteiger partial charge >= 0.3 is 5.69 Å². The van der Waals surface area contributed by atoms with Crippen LogP contribution < -0.4 is 21.8 Å². The monoisotopic (exact) mass is 420 g/mol. The van der Waals surface area contributed by atoms with Crippen LogP contribution in [0.4, 0.5) is 5.95 Å². The molecule has 158 valence electrons. The van der Waals surface area contributed by atoms with Crippen LogP contribution in [-0.4, -0.2) is 52.4 Å². The second-order valence-electron chi connectivity index (χ2n) is 7.32. The lowest BCUT2D eigenvalue weighted by atomic mass is 10.1. The van der Waals surface area contributed by atoms with Crippen LogP contribution >= 0.6 is 0 Å². The normalized spacial score (nSPS) is 16.2. The molecule has 5 rings (SSSR count). The van der Waals surface area contributed by atoms with E-state index in [1.54, 1.807) is 12.3 Å². The van der Waals surface area contributed by atoms with E-state index in [1.165, 1.54) is 4.52 Å². The third-order valence-corrected chi connectivity index (χ3v) is 4.95. The molecule has 0 bridgehead atoms. The molecular formula is C20H20N8O3. The fourth-order valence-electron chi connectivity index (χ4n) is 3.22. The van der Waals surface area contributed by atoms with Gasteiger partial charge in [0.25, 0.3) is 5.62 Å². The largest absolute Gasteiger partial charge is 0.493 e. The molecule has 11 nitrogen and oxygen atoms in total. The highest BCUT2D eigenvalue weighted by atomic mass is 16.3. The Bertz CT molecular complexity index is 1400. The van der Waals surface area contributed by atoms with Gasteiger partial charge in [-0.05, 0) is 24.5 Å². The van der Waals surface area contributed by atoms with Crippen LogP contribution in [0.3, 0.4) is 0 Å². The molecule has 1 aliphatic rings. The number of hydrogen-bond donors (Lipinski definition) is 5. The molecule has 1 saturated carbocycles. The maximum atomic E-state index is 11.4. The van der Waals surface area contributed by atoms with Gasteiger partial charge in [-0.15, -0.1) is 0 Å². The number of aliphatic hydroxyl groups is 1. The Morgan fingerprint density at radius 1 is 1.26 bits per heavy atom. The highest BCUT2D eigenvalue weighted by molar-refractivity contribution is 5.57. The smallest absolute Gasteiger partial charge is 0.326 e. The molecule has 0 saturated heterocycles. The molecule has 0 spiro atoms. The number of nitrogens with zero attached hydrogens (tertiary/aromatic N) is 5. The molecule has 3 aromatic heterocycles. The number of anilines is 1. The number of aromatic nitrogens is 6. The maximum Gasteiger partial charge on any atom is 0.326 e. The average Bonchev–Trinajstić information content (AvgIpc) is 3.41. The number of rotatable bonds is 6. The van der Waals surface area contributed by atoms with Crippen molar-refractivity contribution >= 4 is 17.7 Å². The first-order valence-corrected chi connectivity index (χ1v) is 9.85. The zero-order valence-corrected chi connectivity index (χ0v) is 16.4. The highest BCUT2D eigenvalue weighted by Gasteiger charge is 2.21. The highest BCUT2D eigenvalue weighted by Crippen LogP contribution is 2.22. The van der Waals surface area contributed by atoms with Crippen molar-refractivity contribution in [3.63, 3.8) is 0 Å². The minimum Gasteiger partial charge on any atom is -0.493 e. The summed E-state index contributed by atoms with van der Waals surface area (Å²) in [5, 5.41) is 27.8. The summed E-state index contributed by atoms with van der Waals surface area (Å²) in [6.07, 6.45) is 5.12. The summed E-state index contributed by atoms with van der Waals surface area (Å²) < 4.78 is 1.52. The number of aromatic hydroxyl groups is 1. The van der Waals surface area contributed by atoms with Crippen LogP contribution in [0.1, 0.15) is 30.1 Å². The van der Waals surface area contributed by atoms with Crippen molar-refractivity contribution in [3.8, 4) is 5.88 Å². The van der Waals surface area contributed by atoms with Crippen LogP contribution in [0.25, 0.3) is 11.7 Å². The lowest BCUT2D eigenvalue weighted by Crippen LogP contribution is -2.26. The number of H-pyrrole nitrogens is 2. The summed E-state index contributed by atoms with van der Waals surface area (Å²) in [5.74, 6) is 0.0146. The first kappa shape index (κ1) is 19.0. The zero-order chi connectivity index (χ0) is 21.4. The fraction of sp³-hybridized carbons (Fsp3) is 0.250. The molecule has 0 aliphatic heterocycles. The van der Waals surface area contributed by atoms with Gasteiger partial charge in [-0.2, -0.15) is 19.6 Å². The summed E-state index contributed by atoms with van der Waals surface area (Å²) >= 11 is 0. The van der Waals surface area contributed by atoms with Crippen LogP contribution in [0.2, 0.25) is 0 Å². The van der Waals surface area contributed by atoms with E-state index in [-0.39, 0.29) is 30.2 Å². The van der Waals surface area contributed by atoms with Gasteiger partial charge in [0.05, 0.1) is 24.9 Å². The van der Waals surface area contributed by atoms with Crippen molar-refractivity contribution in [2.45, 2.75) is 24.9 Å². The third kappa shape index (κ3) is 3.90. The Kier molecular flexibility index (Phi) is 4.71. The molecule has 1 aromatic carbocycles. The number of aromatic amines is 2. The van der Waals surface area contributed by atoms with E-state index in [4.69, 9.17) is 0 Å². The number of aliphatic hydroxyl groups excluding tert-OH is 1. The molecule has 4 aromatic rings. The number of imidazole rings is 1. The number of benzene rings is 1. The van der Waals surface area contributed by atoms with Crippen LogP contribution in [0.5, 0.6) is 5.88 Å². The average molecular weight is 420 g/mol. The van der Waals surface area contributed by atoms with Gasteiger partial charge in [0.1, 0.15) is 5.69 Å². The summed E-state index contributed by atoms with van der Waals surface area (Å²) in [7, 11) is 0. The first-order valence-electron chi connectivity index (χ1n) is 9.85. The molecule has 1 fully saturated rings. The molecule has 31 heavy (non-hydrogen) atoms. The van der Waals surface area contributed by atoms with E-state index in [9.17, 15) is 15.0 Å². The summed E-state index contributed by atoms with van der Waals surface area (Å²) in [4.78, 5) is 29.9. The quantitative estimate of drug-likeness (QED) is 0.284. The van der Waals surface area contributed by atoms with E-state index in [1.807, 2.05) is 30.3 Å². The molecule has 11 heteroatoms. The Morgan fingerprint density at radius 3 is 2.74 bits per heavy atom. The van der Waals surface area contributed by atoms with Crippen molar-refractivity contribution in [2.75, 3.05) is 11.9 Å². The number of fused-ring (bicyclic) bond motifs is 1. The van der Waals surface area contributed by atoms with Gasteiger partial charge in [0.15, 0.2) is 5.65 Å². The summed E-state index contributed by atoms with van der Waals surface area (Å²) in [6.45, 7) is -0.148. The van der Waals surface area contributed by atoms with Crippen LogP contribution in [0, 0.1) is 0 Å². The third-order valence-electron chi connectivity index (χ3n) is 4.95. The number of nitrogens with one attached hydrogen (secondary N) is 3. The van der Waals surface area contributed by atoms with Crippen molar-refractivity contribution in [1.82, 2.24) is 29.5 Å². The minimum atomic E-state index is -0.518. The first-order chi connectivity index (χ1) is 15.1. The Morgan fingerprint density at radius 2 is 2.06 bits per heavy atom. The van der Waals surface area contributed by atoms with Gasteiger partial charge in [-0.25, -0.2) is 9.79 Å². The molecule has 0 radical (unpaired) electrons. The SMILES string of the molecule is O=c1[nH]c(O)c(/C=c2\cnn3c(=NC4CC4)nc(N[C@H](CO)c4ccccc4)nc23)[nH]1. The van der Waals surface area contributed by atoms with Crippen molar-refractivity contribution in [3.05, 3.63) is 69.1 Å². The molecule has 1 aliphatic carbocycles. The van der Waals surface area contributed by atoms with E-state index in [0.29, 0.717) is 16.5 Å². The Labute approximate surface area is 174 Å². The molecule has 0 amide bonds. The molecule has 3 heterocycles. The zero-order valence-electron chi connectivity index (χ0n) is 16.4. The van der Waals surface area contributed by atoms with Crippen molar-refractivity contribution < 1.29 is 10.2 Å². The van der Waals surface area contributed by atoms with Gasteiger partial charge in [0.2, 0.25) is 11.8 Å². The summed E-state index contributed by atoms with van der Waals surface area (Å²) in [5.41, 5.74) is 1.43. The van der Waals surface area contributed by atoms with Crippen molar-refractivity contribution in [1.29, 1.82) is 0 Å². The van der Waals surface area contributed by atoms with Gasteiger partial charge in [0, 0.05) is 5.22 Å². The predicted octanol–water partition coefficient (Wildman–Crippen LogP) is -0.397. The molecule has 0 unspecified atom stereocenters. The molecular weight excluding hydrogens is 400 g/mol. The standard InChI is InChI=1S/C20H20N8O3/c29-10-15(11-4-2-1-3-5-11)23-18-25-16-12(8-14-17(30)26-20(31)24-14)9-21-28(16)19(27-18)22-13-6-7-13/h1-5,8-9,13,15,29-30H,6-7,10H2,(H,22,23,27)(H2,24,26,31)/b12-8+/t15-/m1/s1. The number of hydrogen-bond acceptors (Lipinski definition) is 8. The van der Waals surface area contributed by atoms with E-state index in [0.717, 1.165) is 18.4 Å². The molecule has 5 N–H and O–H groups in total. The lowest BCUT2D eigenvalue weighted by Gasteiger charge is -2.16. The second-order valence-corrected chi connectivity index (χ2v) is 7.32. The topological polar surface area (TPSA) is 157 Å². The minimum absolute atomic E-state index is 0.148. The van der Waals surface area contributed by atoms with Gasteiger partial charge in [-0.3, -0.25) is 4.98 Å². The van der Waals surface area contributed by atoms with E-state index in [2.05, 4.69) is 35.3 Å². The Hall–Kier alpha value is -3.99. The van der Waals surface area contributed by atoms with E-state index < -0.39 is 11.7 Å².